The summed E-state index contributed by atoms with van der Waals surface area (Å²) in [5, 5.41) is 0. The summed E-state index contributed by atoms with van der Waals surface area (Å²) >= 11 is -0.435. The third-order valence-corrected chi connectivity index (χ3v) is 4.27. The molecule has 1 unspecified atom stereocenters. The lowest BCUT2D eigenvalue weighted by Gasteiger charge is -2.10. The molecule has 1 saturated heterocycles. The lowest BCUT2D eigenvalue weighted by Crippen LogP contribution is -2.34. The fourth-order valence-corrected chi connectivity index (χ4v) is 3.14. The number of nitrogens with zero attached hydrogens (tertiary/aromatic N) is 1. The van der Waals surface area contributed by atoms with Crippen LogP contribution >= 0.6 is 0 Å². The lowest BCUT2D eigenvalue weighted by atomic mass is 10.4. The molecule has 2 amide bonds. The first-order valence-corrected chi connectivity index (χ1v) is 6.36. The fourth-order valence-electron chi connectivity index (χ4n) is 1.58. The molecule has 1 fully saturated rings. The van der Waals surface area contributed by atoms with Crippen LogP contribution in [0.1, 0.15) is 12.8 Å². The second-order valence-electron chi connectivity index (χ2n) is 3.37. The molecule has 1 aromatic carbocycles. The number of imide groups is 1. The Morgan fingerprint density at radius 2 is 1.60 bits per heavy atom. The minimum absolute atomic E-state index is 0.0466. The summed E-state index contributed by atoms with van der Waals surface area (Å²) < 4.78 is 1.40. The van der Waals surface area contributed by atoms with Crippen LogP contribution in [0.15, 0.2) is 35.2 Å². The molecule has 78 valence electrons. The highest BCUT2D eigenvalue weighted by molar-refractivity contribution is 7.95. The molecule has 0 aromatic heterocycles. The molecule has 0 spiro atoms. The van der Waals surface area contributed by atoms with Gasteiger partial charge < -0.3 is 0 Å². The molecule has 0 aliphatic carbocycles. The maximum Gasteiger partial charge on any atom is 0.273 e. The van der Waals surface area contributed by atoms with Gasteiger partial charge in [-0.15, -0.1) is 0 Å². The largest absolute Gasteiger partial charge is 0.273 e. The Hall–Kier alpha value is -1.29. The first-order chi connectivity index (χ1) is 7.20. The molecule has 1 atom stereocenters. The molecule has 1 aliphatic heterocycles. The van der Waals surface area contributed by atoms with Gasteiger partial charge in [-0.05, 0) is 12.1 Å². The highest BCUT2D eigenvalue weighted by Crippen LogP contribution is 2.22. The number of hydrogen-bond donors (Lipinski definition) is 0. The molecular weight excluding hydrogens is 210 g/mol. The second kappa shape index (κ2) is 4.06. The molecule has 4 heteroatoms. The van der Waals surface area contributed by atoms with Gasteiger partial charge in [0.2, 0.25) is 0 Å². The van der Waals surface area contributed by atoms with Gasteiger partial charge in [0.05, 0.1) is 0 Å². The van der Waals surface area contributed by atoms with Crippen LogP contribution in [0.5, 0.6) is 0 Å². The van der Waals surface area contributed by atoms with Crippen molar-refractivity contribution in [3.8, 4) is 0 Å². The molecule has 0 N–H and O–H groups in total. The summed E-state index contributed by atoms with van der Waals surface area (Å²) in [6.45, 7) is 0. The van der Waals surface area contributed by atoms with Crippen molar-refractivity contribution in [3.63, 3.8) is 0 Å². The Morgan fingerprint density at radius 3 is 2.13 bits per heavy atom. The fraction of sp³-hybridized carbons (Fsp3) is 0.273. The van der Waals surface area contributed by atoms with E-state index in [0.717, 1.165) is 4.90 Å². The molecule has 3 nitrogen and oxygen atoms in total. The minimum atomic E-state index is -0.435. The first kappa shape index (κ1) is 10.2. The average Bonchev–Trinajstić information content (AvgIpc) is 2.59. The van der Waals surface area contributed by atoms with Crippen molar-refractivity contribution < 1.29 is 9.59 Å². The van der Waals surface area contributed by atoms with E-state index in [1.165, 1.54) is 4.31 Å². The van der Waals surface area contributed by atoms with Crippen LogP contribution in [0, 0.1) is 0 Å². The number of hydrogen-bond acceptors (Lipinski definition) is 2. The van der Waals surface area contributed by atoms with Gasteiger partial charge in [0.15, 0.2) is 4.90 Å². The Kier molecular flexibility index (Phi) is 2.77. The smallest absolute Gasteiger partial charge is 0.270 e. The highest BCUT2D eigenvalue weighted by atomic mass is 32.2. The van der Waals surface area contributed by atoms with Crippen LogP contribution in [-0.2, 0) is 20.7 Å². The lowest BCUT2D eigenvalue weighted by molar-refractivity contribution is -0.132. The van der Waals surface area contributed by atoms with Crippen molar-refractivity contribution in [2.75, 3.05) is 6.26 Å². The number of carbonyl (C=O) groups is 2. The van der Waals surface area contributed by atoms with Crippen molar-refractivity contribution >= 4 is 22.9 Å². The third-order valence-electron chi connectivity index (χ3n) is 2.36. The Bertz CT molecular complexity index is 375. The molecule has 0 bridgehead atoms. The summed E-state index contributed by atoms with van der Waals surface area (Å²) in [6, 6.07) is 9.66. The molecule has 15 heavy (non-hydrogen) atoms. The van der Waals surface area contributed by atoms with E-state index < -0.39 is 11.1 Å². The van der Waals surface area contributed by atoms with Crippen molar-refractivity contribution in [1.82, 2.24) is 4.31 Å². The van der Waals surface area contributed by atoms with E-state index in [-0.39, 0.29) is 11.8 Å². The van der Waals surface area contributed by atoms with Gasteiger partial charge >= 0.3 is 0 Å². The maximum absolute atomic E-state index is 11.5. The topological polar surface area (TPSA) is 37.4 Å². The highest BCUT2D eigenvalue weighted by Gasteiger charge is 2.41. The molecule has 2 rings (SSSR count). The zero-order valence-corrected chi connectivity index (χ0v) is 9.29. The van der Waals surface area contributed by atoms with E-state index >= 15 is 0 Å². The number of carbonyl (C=O) groups excluding carboxylic acids is 2. The molecule has 0 saturated carbocycles. The van der Waals surface area contributed by atoms with Gasteiger partial charge in [-0.25, -0.2) is 0 Å². The van der Waals surface area contributed by atoms with Crippen molar-refractivity contribution in [2.45, 2.75) is 17.7 Å². The maximum atomic E-state index is 11.5. The van der Waals surface area contributed by atoms with E-state index in [9.17, 15) is 9.59 Å². The SMILES string of the molecule is C[S+](c1ccccc1)N1C(=O)CCC1=O. The van der Waals surface area contributed by atoms with Gasteiger partial charge in [-0.1, -0.05) is 22.5 Å². The number of amides is 2. The first-order valence-electron chi connectivity index (χ1n) is 4.77. The van der Waals surface area contributed by atoms with E-state index in [4.69, 9.17) is 0 Å². The van der Waals surface area contributed by atoms with Crippen molar-refractivity contribution in [3.05, 3.63) is 30.3 Å². The summed E-state index contributed by atoms with van der Waals surface area (Å²) in [5.74, 6) is -0.0932. The molecule has 1 aromatic rings. The Labute approximate surface area is 91.6 Å². The molecule has 0 radical (unpaired) electrons. The summed E-state index contributed by atoms with van der Waals surface area (Å²) in [7, 11) is 0. The van der Waals surface area contributed by atoms with Gasteiger partial charge in [0, 0.05) is 12.8 Å². The summed E-state index contributed by atoms with van der Waals surface area (Å²) in [6.07, 6.45) is 2.64. The van der Waals surface area contributed by atoms with Crippen LogP contribution in [-0.4, -0.2) is 22.4 Å². The third kappa shape index (κ3) is 1.90. The number of rotatable bonds is 2. The van der Waals surface area contributed by atoms with Crippen LogP contribution in [0.4, 0.5) is 0 Å². The van der Waals surface area contributed by atoms with Crippen LogP contribution in [0.25, 0.3) is 0 Å². The minimum Gasteiger partial charge on any atom is -0.270 e. The van der Waals surface area contributed by atoms with Crippen molar-refractivity contribution in [1.29, 1.82) is 0 Å². The van der Waals surface area contributed by atoms with Crippen LogP contribution in [0.2, 0.25) is 0 Å². The van der Waals surface area contributed by atoms with Crippen LogP contribution in [0.3, 0.4) is 0 Å². The zero-order valence-electron chi connectivity index (χ0n) is 8.47. The average molecular weight is 222 g/mol. The van der Waals surface area contributed by atoms with Crippen molar-refractivity contribution in [2.24, 2.45) is 0 Å². The Morgan fingerprint density at radius 1 is 1.07 bits per heavy atom. The van der Waals surface area contributed by atoms with E-state index in [2.05, 4.69) is 0 Å². The summed E-state index contributed by atoms with van der Waals surface area (Å²) in [5.41, 5.74) is 0. The number of benzene rings is 1. The zero-order chi connectivity index (χ0) is 10.8. The molecule has 1 aliphatic rings. The predicted octanol–water partition coefficient (Wildman–Crippen LogP) is 1.36. The molecule has 1 heterocycles. The predicted molar refractivity (Wildman–Crippen MR) is 59.1 cm³/mol. The normalized spacial score (nSPS) is 18.3. The van der Waals surface area contributed by atoms with E-state index in [1.807, 2.05) is 36.6 Å². The second-order valence-corrected chi connectivity index (χ2v) is 5.17. The Balaban J connectivity index is 2.24. The van der Waals surface area contributed by atoms with Gasteiger partial charge in [0.25, 0.3) is 11.8 Å². The van der Waals surface area contributed by atoms with Gasteiger partial charge in [0.1, 0.15) is 17.3 Å². The van der Waals surface area contributed by atoms with Crippen LogP contribution < -0.4 is 0 Å². The standard InChI is InChI=1S/C11H12NO2S/c1-15(9-5-3-2-4-6-9)12-10(13)7-8-11(12)14/h2-6H,7-8H2,1H3/q+1. The summed E-state index contributed by atoms with van der Waals surface area (Å²) in [4.78, 5) is 24.1. The van der Waals surface area contributed by atoms with E-state index in [1.54, 1.807) is 0 Å². The van der Waals surface area contributed by atoms with Gasteiger partial charge in [-0.3, -0.25) is 9.59 Å². The quantitative estimate of drug-likeness (QED) is 0.559. The van der Waals surface area contributed by atoms with E-state index in [0.29, 0.717) is 12.8 Å². The monoisotopic (exact) mass is 222 g/mol. The molecular formula is C11H12NO2S+. The van der Waals surface area contributed by atoms with Gasteiger partial charge in [-0.2, -0.15) is 0 Å².